The molecule has 31 heavy (non-hydrogen) atoms. The second-order valence-electron chi connectivity index (χ2n) is 6.59. The molecular formula is C22H22N4O4S. The normalized spacial score (nSPS) is 11.2. The van der Waals surface area contributed by atoms with Gasteiger partial charge in [0.15, 0.2) is 11.0 Å². The van der Waals surface area contributed by atoms with E-state index in [9.17, 15) is 4.79 Å². The molecule has 0 fully saturated rings. The summed E-state index contributed by atoms with van der Waals surface area (Å²) < 4.78 is 18.5. The highest BCUT2D eigenvalue weighted by Crippen LogP contribution is 2.32. The van der Waals surface area contributed by atoms with Gasteiger partial charge in [0.1, 0.15) is 16.9 Å². The van der Waals surface area contributed by atoms with Crippen molar-refractivity contribution < 1.29 is 18.7 Å². The maximum Gasteiger partial charge on any atom is 0.342 e. The second-order valence-corrected chi connectivity index (χ2v) is 7.53. The SMILES string of the molecule is CCOC(=O)c1c(CSc2nnc(-c3ccncc3)n2CCOC)oc2ccccc12. The summed E-state index contributed by atoms with van der Waals surface area (Å²) in [6.07, 6.45) is 3.44. The molecule has 0 atom stereocenters. The van der Waals surface area contributed by atoms with Gasteiger partial charge in [0.2, 0.25) is 0 Å². The summed E-state index contributed by atoms with van der Waals surface area (Å²) in [7, 11) is 1.66. The van der Waals surface area contributed by atoms with Crippen LogP contribution in [-0.2, 0) is 21.8 Å². The molecule has 9 heteroatoms. The molecule has 0 radical (unpaired) electrons. The molecule has 0 bridgehead atoms. The van der Waals surface area contributed by atoms with Gasteiger partial charge in [0, 0.05) is 30.5 Å². The number of nitrogens with zero attached hydrogens (tertiary/aromatic N) is 4. The molecule has 0 aliphatic carbocycles. The van der Waals surface area contributed by atoms with Crippen LogP contribution in [0.4, 0.5) is 0 Å². The van der Waals surface area contributed by atoms with E-state index >= 15 is 0 Å². The van der Waals surface area contributed by atoms with Crippen molar-refractivity contribution in [1.82, 2.24) is 19.7 Å². The van der Waals surface area contributed by atoms with Crippen molar-refractivity contribution in [2.24, 2.45) is 0 Å². The molecule has 0 spiro atoms. The summed E-state index contributed by atoms with van der Waals surface area (Å²) in [6, 6.07) is 11.2. The van der Waals surface area contributed by atoms with Crippen LogP contribution in [0.15, 0.2) is 58.4 Å². The molecule has 0 aliphatic heterocycles. The van der Waals surface area contributed by atoms with Crippen LogP contribution in [0.5, 0.6) is 0 Å². The average molecular weight is 439 g/mol. The summed E-state index contributed by atoms with van der Waals surface area (Å²) in [6.45, 7) is 3.19. The van der Waals surface area contributed by atoms with Crippen LogP contribution in [0.25, 0.3) is 22.4 Å². The monoisotopic (exact) mass is 438 g/mol. The fraction of sp³-hybridized carbons (Fsp3) is 0.273. The maximum absolute atomic E-state index is 12.6. The fourth-order valence-electron chi connectivity index (χ4n) is 3.25. The van der Waals surface area contributed by atoms with Crippen molar-refractivity contribution in [2.45, 2.75) is 24.4 Å². The Bertz CT molecular complexity index is 1170. The van der Waals surface area contributed by atoms with Gasteiger partial charge in [-0.15, -0.1) is 10.2 Å². The van der Waals surface area contributed by atoms with Crippen molar-refractivity contribution in [1.29, 1.82) is 0 Å². The third-order valence-electron chi connectivity index (χ3n) is 4.65. The lowest BCUT2D eigenvalue weighted by Gasteiger charge is -2.09. The largest absolute Gasteiger partial charge is 0.462 e. The Morgan fingerprint density at radius 1 is 1.16 bits per heavy atom. The highest BCUT2D eigenvalue weighted by atomic mass is 32.2. The zero-order valence-electron chi connectivity index (χ0n) is 17.3. The van der Waals surface area contributed by atoms with Crippen molar-refractivity contribution in [3.05, 3.63) is 60.1 Å². The van der Waals surface area contributed by atoms with Gasteiger partial charge < -0.3 is 13.9 Å². The fourth-order valence-corrected chi connectivity index (χ4v) is 4.14. The van der Waals surface area contributed by atoms with Gasteiger partial charge in [-0.3, -0.25) is 9.55 Å². The molecule has 0 aliphatic rings. The molecule has 4 aromatic rings. The maximum atomic E-state index is 12.6. The van der Waals surface area contributed by atoms with Gasteiger partial charge >= 0.3 is 5.97 Å². The van der Waals surface area contributed by atoms with Crippen LogP contribution in [-0.4, -0.2) is 46.0 Å². The van der Waals surface area contributed by atoms with E-state index in [1.807, 2.05) is 41.0 Å². The number of methoxy groups -OCH3 is 1. The minimum absolute atomic E-state index is 0.297. The number of pyridine rings is 1. The van der Waals surface area contributed by atoms with E-state index in [2.05, 4.69) is 15.2 Å². The number of rotatable bonds is 9. The molecule has 3 aromatic heterocycles. The minimum Gasteiger partial charge on any atom is -0.462 e. The molecule has 1 aromatic carbocycles. The third-order valence-corrected chi connectivity index (χ3v) is 5.62. The van der Waals surface area contributed by atoms with E-state index in [1.54, 1.807) is 26.4 Å². The highest BCUT2D eigenvalue weighted by Gasteiger charge is 2.23. The summed E-state index contributed by atoms with van der Waals surface area (Å²) in [5.41, 5.74) is 2.03. The smallest absolute Gasteiger partial charge is 0.342 e. The van der Waals surface area contributed by atoms with E-state index < -0.39 is 0 Å². The molecular weight excluding hydrogens is 416 g/mol. The van der Waals surface area contributed by atoms with Gasteiger partial charge in [0.25, 0.3) is 0 Å². The van der Waals surface area contributed by atoms with Crippen LogP contribution in [0.1, 0.15) is 23.0 Å². The lowest BCUT2D eigenvalue weighted by molar-refractivity contribution is 0.0526. The number of thioether (sulfide) groups is 1. The average Bonchev–Trinajstić information content (AvgIpc) is 3.37. The van der Waals surface area contributed by atoms with Gasteiger partial charge in [-0.2, -0.15) is 0 Å². The van der Waals surface area contributed by atoms with Crippen LogP contribution < -0.4 is 0 Å². The van der Waals surface area contributed by atoms with E-state index in [0.29, 0.717) is 47.6 Å². The number of aromatic nitrogens is 4. The Morgan fingerprint density at radius 2 is 1.97 bits per heavy atom. The van der Waals surface area contributed by atoms with Gasteiger partial charge in [-0.25, -0.2) is 4.79 Å². The first-order valence-electron chi connectivity index (χ1n) is 9.85. The molecule has 0 saturated heterocycles. The lowest BCUT2D eigenvalue weighted by Crippen LogP contribution is -2.08. The second kappa shape index (κ2) is 9.76. The van der Waals surface area contributed by atoms with E-state index in [-0.39, 0.29) is 5.97 Å². The van der Waals surface area contributed by atoms with Gasteiger partial charge in [-0.05, 0) is 25.1 Å². The topological polar surface area (TPSA) is 92.3 Å². The van der Waals surface area contributed by atoms with E-state index in [1.165, 1.54) is 11.8 Å². The Labute approximate surface area is 183 Å². The summed E-state index contributed by atoms with van der Waals surface area (Å²) in [4.78, 5) is 16.7. The minimum atomic E-state index is -0.388. The Kier molecular flexibility index (Phi) is 6.63. The number of esters is 1. The molecule has 0 saturated carbocycles. The summed E-state index contributed by atoms with van der Waals surface area (Å²) >= 11 is 1.45. The number of carbonyl (C=O) groups excluding carboxylic acids is 1. The zero-order valence-corrected chi connectivity index (χ0v) is 18.1. The number of benzene rings is 1. The number of hydrogen-bond donors (Lipinski definition) is 0. The van der Waals surface area contributed by atoms with Gasteiger partial charge in [0.05, 0.1) is 25.5 Å². The van der Waals surface area contributed by atoms with Crippen LogP contribution in [0, 0.1) is 0 Å². The van der Waals surface area contributed by atoms with Crippen molar-refractivity contribution in [3.8, 4) is 11.4 Å². The van der Waals surface area contributed by atoms with Crippen LogP contribution in [0.2, 0.25) is 0 Å². The molecule has 0 amide bonds. The van der Waals surface area contributed by atoms with E-state index in [0.717, 1.165) is 16.8 Å². The molecule has 4 rings (SSSR count). The summed E-state index contributed by atoms with van der Waals surface area (Å²) in [5.74, 6) is 1.31. The molecule has 0 N–H and O–H groups in total. The van der Waals surface area contributed by atoms with Crippen LogP contribution >= 0.6 is 11.8 Å². The van der Waals surface area contributed by atoms with E-state index in [4.69, 9.17) is 13.9 Å². The first-order valence-corrected chi connectivity index (χ1v) is 10.8. The number of carbonyl (C=O) groups is 1. The first-order chi connectivity index (χ1) is 15.2. The zero-order chi connectivity index (χ0) is 21.6. The molecule has 160 valence electrons. The molecule has 3 heterocycles. The molecule has 0 unspecified atom stereocenters. The third kappa shape index (κ3) is 4.47. The number of para-hydroxylation sites is 1. The van der Waals surface area contributed by atoms with Gasteiger partial charge in [-0.1, -0.05) is 30.0 Å². The first kappa shape index (κ1) is 21.1. The summed E-state index contributed by atoms with van der Waals surface area (Å²) in [5, 5.41) is 10.2. The quantitative estimate of drug-likeness (QED) is 0.284. The standard InChI is InChI=1S/C22H22N4O4S/c1-3-29-21(27)19-16-6-4-5-7-17(16)30-18(19)14-31-22-25-24-20(26(22)12-13-28-2)15-8-10-23-11-9-15/h4-11H,3,12-14H2,1-2H3. The number of fused-ring (bicyclic) bond motifs is 1. The lowest BCUT2D eigenvalue weighted by atomic mass is 10.1. The van der Waals surface area contributed by atoms with Crippen molar-refractivity contribution in [3.63, 3.8) is 0 Å². The van der Waals surface area contributed by atoms with Crippen molar-refractivity contribution in [2.75, 3.05) is 20.3 Å². The number of hydrogen-bond acceptors (Lipinski definition) is 8. The predicted molar refractivity (Wildman–Crippen MR) is 117 cm³/mol. The Balaban J connectivity index is 1.65. The Hall–Kier alpha value is -3.17. The predicted octanol–water partition coefficient (Wildman–Crippen LogP) is 4.20. The number of ether oxygens (including phenoxy) is 2. The van der Waals surface area contributed by atoms with Crippen molar-refractivity contribution >= 4 is 28.7 Å². The molecule has 8 nitrogen and oxygen atoms in total. The Morgan fingerprint density at radius 3 is 2.74 bits per heavy atom. The highest BCUT2D eigenvalue weighted by molar-refractivity contribution is 7.98. The van der Waals surface area contributed by atoms with Crippen LogP contribution in [0.3, 0.4) is 0 Å². The number of furan rings is 1.